The van der Waals surface area contributed by atoms with Crippen LogP contribution in [0.3, 0.4) is 0 Å². The van der Waals surface area contributed by atoms with E-state index in [4.69, 9.17) is 27.9 Å². The summed E-state index contributed by atoms with van der Waals surface area (Å²) in [4.78, 5) is 4.14. The molecule has 1 heterocycles. The smallest absolute Gasteiger partial charge is 0.157 e. The van der Waals surface area contributed by atoms with Crippen LogP contribution < -0.4 is 4.74 Å². The zero-order chi connectivity index (χ0) is 11.4. The van der Waals surface area contributed by atoms with Crippen molar-refractivity contribution in [2.45, 2.75) is 6.61 Å². The molecular weight excluding hydrogens is 245 g/mol. The first-order valence-electron chi connectivity index (χ1n) is 4.74. The molecule has 0 saturated heterocycles. The van der Waals surface area contributed by atoms with E-state index in [1.807, 2.05) is 18.2 Å². The molecule has 0 unspecified atom stereocenters. The molecule has 82 valence electrons. The largest absolute Gasteiger partial charge is 0.484 e. The Morgan fingerprint density at radius 1 is 1.00 bits per heavy atom. The molecule has 0 atom stereocenters. The van der Waals surface area contributed by atoms with Crippen LogP contribution in [0.5, 0.6) is 5.75 Å². The lowest BCUT2D eigenvalue weighted by Crippen LogP contribution is -1.98. The van der Waals surface area contributed by atoms with E-state index in [9.17, 15) is 0 Å². The maximum absolute atomic E-state index is 5.97. The van der Waals surface area contributed by atoms with Gasteiger partial charge in [0, 0.05) is 6.20 Å². The van der Waals surface area contributed by atoms with Crippen molar-refractivity contribution < 1.29 is 4.74 Å². The number of rotatable bonds is 3. The summed E-state index contributed by atoms with van der Waals surface area (Å²) in [5.74, 6) is 0.497. The number of halogens is 2. The Morgan fingerprint density at radius 2 is 1.75 bits per heavy atom. The molecule has 0 saturated carbocycles. The third-order valence-electron chi connectivity index (χ3n) is 2.01. The molecular formula is C12H9Cl2NO. The zero-order valence-corrected chi connectivity index (χ0v) is 9.87. The van der Waals surface area contributed by atoms with Gasteiger partial charge in [0.2, 0.25) is 0 Å². The van der Waals surface area contributed by atoms with E-state index in [1.165, 1.54) is 0 Å². The molecule has 2 rings (SSSR count). The molecule has 0 spiro atoms. The predicted octanol–water partition coefficient (Wildman–Crippen LogP) is 3.97. The van der Waals surface area contributed by atoms with Crippen molar-refractivity contribution in [3.63, 3.8) is 0 Å². The monoisotopic (exact) mass is 253 g/mol. The Bertz CT molecular complexity index is 453. The van der Waals surface area contributed by atoms with Crippen LogP contribution in [0, 0.1) is 0 Å². The van der Waals surface area contributed by atoms with Gasteiger partial charge in [-0.3, -0.25) is 4.98 Å². The molecule has 2 nitrogen and oxygen atoms in total. The quantitative estimate of drug-likeness (QED) is 0.826. The average Bonchev–Trinajstić information content (AvgIpc) is 2.30. The summed E-state index contributed by atoms with van der Waals surface area (Å²) < 4.78 is 5.53. The molecule has 4 heteroatoms. The zero-order valence-electron chi connectivity index (χ0n) is 8.36. The van der Waals surface area contributed by atoms with Crippen molar-refractivity contribution in [1.29, 1.82) is 0 Å². The number of hydrogen-bond acceptors (Lipinski definition) is 2. The number of aromatic nitrogens is 1. The number of hydrogen-bond donors (Lipinski definition) is 0. The molecule has 0 radical (unpaired) electrons. The molecule has 1 aromatic carbocycles. The van der Waals surface area contributed by atoms with Gasteiger partial charge in [0.15, 0.2) is 5.75 Å². The molecule has 2 aromatic rings. The summed E-state index contributed by atoms with van der Waals surface area (Å²) in [5.41, 5.74) is 0.832. The number of ether oxygens (including phenoxy) is 1. The van der Waals surface area contributed by atoms with Crippen molar-refractivity contribution in [2.75, 3.05) is 0 Å². The van der Waals surface area contributed by atoms with Gasteiger partial charge in [-0.15, -0.1) is 0 Å². The number of pyridine rings is 1. The average molecular weight is 254 g/mol. The molecule has 0 aliphatic heterocycles. The van der Waals surface area contributed by atoms with Crippen molar-refractivity contribution in [1.82, 2.24) is 4.98 Å². The van der Waals surface area contributed by atoms with Gasteiger partial charge >= 0.3 is 0 Å². The van der Waals surface area contributed by atoms with Gasteiger partial charge in [-0.25, -0.2) is 0 Å². The fourth-order valence-electron chi connectivity index (χ4n) is 1.25. The van der Waals surface area contributed by atoms with Crippen LogP contribution in [0.25, 0.3) is 0 Å². The Morgan fingerprint density at radius 3 is 2.38 bits per heavy atom. The lowest BCUT2D eigenvalue weighted by atomic mass is 10.3. The van der Waals surface area contributed by atoms with E-state index in [-0.39, 0.29) is 0 Å². The molecule has 0 fully saturated rings. The van der Waals surface area contributed by atoms with Crippen LogP contribution in [0.2, 0.25) is 10.0 Å². The maximum Gasteiger partial charge on any atom is 0.157 e. The second-order valence-corrected chi connectivity index (χ2v) is 3.97. The first kappa shape index (κ1) is 11.2. The van der Waals surface area contributed by atoms with Gasteiger partial charge in [-0.1, -0.05) is 35.3 Å². The van der Waals surface area contributed by atoms with Crippen molar-refractivity contribution in [2.24, 2.45) is 0 Å². The maximum atomic E-state index is 5.97. The summed E-state index contributed by atoms with van der Waals surface area (Å²) in [6.07, 6.45) is 1.72. The summed E-state index contributed by atoms with van der Waals surface area (Å²) in [6.45, 7) is 0.351. The number of para-hydroxylation sites is 1. The van der Waals surface area contributed by atoms with Crippen LogP contribution in [0.1, 0.15) is 5.69 Å². The SMILES string of the molecule is Clc1cccc(Cl)c1OCc1ccccn1. The van der Waals surface area contributed by atoms with Crippen LogP contribution in [-0.4, -0.2) is 4.98 Å². The molecule has 0 amide bonds. The minimum absolute atomic E-state index is 0.351. The Labute approximate surface area is 104 Å². The highest BCUT2D eigenvalue weighted by molar-refractivity contribution is 6.37. The fourth-order valence-corrected chi connectivity index (χ4v) is 1.76. The Hall–Kier alpha value is -1.25. The van der Waals surface area contributed by atoms with Crippen LogP contribution >= 0.6 is 23.2 Å². The van der Waals surface area contributed by atoms with E-state index < -0.39 is 0 Å². The van der Waals surface area contributed by atoms with Gasteiger partial charge in [0.25, 0.3) is 0 Å². The standard InChI is InChI=1S/C12H9Cl2NO/c13-10-5-3-6-11(14)12(10)16-8-9-4-1-2-7-15-9/h1-7H,8H2. The van der Waals surface area contributed by atoms with Crippen molar-refractivity contribution in [3.05, 3.63) is 58.3 Å². The van der Waals surface area contributed by atoms with Crippen LogP contribution in [0.4, 0.5) is 0 Å². The molecule has 0 aliphatic rings. The highest BCUT2D eigenvalue weighted by Gasteiger charge is 2.06. The fraction of sp³-hybridized carbons (Fsp3) is 0.0833. The number of nitrogens with zero attached hydrogens (tertiary/aromatic N) is 1. The summed E-state index contributed by atoms with van der Waals surface area (Å²) in [7, 11) is 0. The van der Waals surface area contributed by atoms with E-state index in [1.54, 1.807) is 24.4 Å². The van der Waals surface area contributed by atoms with Gasteiger partial charge in [0.1, 0.15) is 6.61 Å². The molecule has 0 bridgehead atoms. The van der Waals surface area contributed by atoms with Crippen LogP contribution in [0.15, 0.2) is 42.6 Å². The second kappa shape index (κ2) is 5.19. The normalized spacial score (nSPS) is 10.1. The molecule has 1 aromatic heterocycles. The van der Waals surface area contributed by atoms with Crippen molar-refractivity contribution >= 4 is 23.2 Å². The van der Waals surface area contributed by atoms with Crippen molar-refractivity contribution in [3.8, 4) is 5.75 Å². The first-order chi connectivity index (χ1) is 7.77. The third kappa shape index (κ3) is 2.65. The van der Waals surface area contributed by atoms with Gasteiger partial charge < -0.3 is 4.74 Å². The van der Waals surface area contributed by atoms with E-state index >= 15 is 0 Å². The van der Waals surface area contributed by atoms with Gasteiger partial charge in [-0.2, -0.15) is 0 Å². The highest BCUT2D eigenvalue weighted by atomic mass is 35.5. The minimum Gasteiger partial charge on any atom is -0.484 e. The van der Waals surface area contributed by atoms with Gasteiger partial charge in [-0.05, 0) is 24.3 Å². The lowest BCUT2D eigenvalue weighted by Gasteiger charge is -2.08. The van der Waals surface area contributed by atoms with Crippen LogP contribution in [-0.2, 0) is 6.61 Å². The molecule has 0 aliphatic carbocycles. The Kier molecular flexibility index (Phi) is 3.65. The number of benzene rings is 1. The molecule has 16 heavy (non-hydrogen) atoms. The third-order valence-corrected chi connectivity index (χ3v) is 2.60. The van der Waals surface area contributed by atoms with E-state index in [0.29, 0.717) is 22.4 Å². The lowest BCUT2D eigenvalue weighted by molar-refractivity contribution is 0.302. The second-order valence-electron chi connectivity index (χ2n) is 3.16. The summed E-state index contributed by atoms with van der Waals surface area (Å²) in [5, 5.41) is 1.01. The van der Waals surface area contributed by atoms with Gasteiger partial charge in [0.05, 0.1) is 15.7 Å². The van der Waals surface area contributed by atoms with E-state index in [0.717, 1.165) is 5.69 Å². The highest BCUT2D eigenvalue weighted by Crippen LogP contribution is 2.32. The van der Waals surface area contributed by atoms with E-state index in [2.05, 4.69) is 4.98 Å². The first-order valence-corrected chi connectivity index (χ1v) is 5.49. The summed E-state index contributed by atoms with van der Waals surface area (Å²) in [6, 6.07) is 10.9. The Balaban J connectivity index is 2.11. The minimum atomic E-state index is 0.351. The topological polar surface area (TPSA) is 22.1 Å². The molecule has 0 N–H and O–H groups in total. The predicted molar refractivity (Wildman–Crippen MR) is 65.0 cm³/mol. The summed E-state index contributed by atoms with van der Waals surface area (Å²) >= 11 is 11.9.